The Labute approximate surface area is 122 Å². The SMILES string of the molecule is CCCNc1nccc(C(=O)NCc2cccnc2)c1F. The number of hydrogen-bond donors (Lipinski definition) is 2. The van der Waals surface area contributed by atoms with Crippen LogP contribution in [0.25, 0.3) is 0 Å². The summed E-state index contributed by atoms with van der Waals surface area (Å²) in [6.07, 6.45) is 5.57. The lowest BCUT2D eigenvalue weighted by Gasteiger charge is -2.09. The predicted molar refractivity (Wildman–Crippen MR) is 78.4 cm³/mol. The molecule has 0 saturated heterocycles. The van der Waals surface area contributed by atoms with Gasteiger partial charge >= 0.3 is 0 Å². The van der Waals surface area contributed by atoms with Crippen molar-refractivity contribution in [2.75, 3.05) is 11.9 Å². The maximum absolute atomic E-state index is 14.2. The average molecular weight is 288 g/mol. The Morgan fingerprint density at radius 1 is 1.33 bits per heavy atom. The first-order chi connectivity index (χ1) is 10.2. The Kier molecular flexibility index (Phi) is 5.20. The fraction of sp³-hybridized carbons (Fsp3) is 0.267. The van der Waals surface area contributed by atoms with Crippen molar-refractivity contribution in [1.82, 2.24) is 15.3 Å². The van der Waals surface area contributed by atoms with Crippen molar-refractivity contribution in [3.05, 3.63) is 53.7 Å². The van der Waals surface area contributed by atoms with Crippen molar-refractivity contribution in [3.63, 3.8) is 0 Å². The molecule has 2 heterocycles. The molecule has 0 aromatic carbocycles. The van der Waals surface area contributed by atoms with Gasteiger partial charge in [-0.25, -0.2) is 9.37 Å². The molecule has 1 amide bonds. The van der Waals surface area contributed by atoms with Gasteiger partial charge in [0.25, 0.3) is 5.91 Å². The molecule has 5 nitrogen and oxygen atoms in total. The highest BCUT2D eigenvalue weighted by atomic mass is 19.1. The lowest BCUT2D eigenvalue weighted by molar-refractivity contribution is 0.0947. The smallest absolute Gasteiger partial charge is 0.254 e. The van der Waals surface area contributed by atoms with Crippen LogP contribution in [0.3, 0.4) is 0 Å². The van der Waals surface area contributed by atoms with E-state index in [1.165, 1.54) is 12.3 Å². The summed E-state index contributed by atoms with van der Waals surface area (Å²) in [6, 6.07) is 4.98. The highest BCUT2D eigenvalue weighted by molar-refractivity contribution is 5.95. The molecule has 6 heteroatoms. The van der Waals surface area contributed by atoms with Gasteiger partial charge in [-0.3, -0.25) is 9.78 Å². The van der Waals surface area contributed by atoms with Gasteiger partial charge < -0.3 is 10.6 Å². The summed E-state index contributed by atoms with van der Waals surface area (Å²) in [7, 11) is 0. The van der Waals surface area contributed by atoms with Gasteiger partial charge in [-0.15, -0.1) is 0 Å². The van der Waals surface area contributed by atoms with Crippen LogP contribution in [0.1, 0.15) is 29.3 Å². The lowest BCUT2D eigenvalue weighted by atomic mass is 10.2. The topological polar surface area (TPSA) is 66.9 Å². The molecule has 0 bridgehead atoms. The highest BCUT2D eigenvalue weighted by Gasteiger charge is 2.15. The summed E-state index contributed by atoms with van der Waals surface area (Å²) in [5.41, 5.74) is 0.831. The minimum Gasteiger partial charge on any atom is -0.368 e. The van der Waals surface area contributed by atoms with Gasteiger partial charge in [-0.1, -0.05) is 13.0 Å². The Hall–Kier alpha value is -2.50. The lowest BCUT2D eigenvalue weighted by Crippen LogP contribution is -2.24. The van der Waals surface area contributed by atoms with Crippen molar-refractivity contribution < 1.29 is 9.18 Å². The second kappa shape index (κ2) is 7.33. The molecular weight excluding hydrogens is 271 g/mol. The van der Waals surface area contributed by atoms with Gasteiger partial charge in [0.05, 0.1) is 5.56 Å². The number of anilines is 1. The van der Waals surface area contributed by atoms with Gasteiger partial charge in [0.2, 0.25) is 0 Å². The van der Waals surface area contributed by atoms with Crippen LogP contribution < -0.4 is 10.6 Å². The molecule has 0 unspecified atom stereocenters. The number of halogens is 1. The predicted octanol–water partition coefficient (Wildman–Crippen LogP) is 2.37. The summed E-state index contributed by atoms with van der Waals surface area (Å²) < 4.78 is 14.2. The zero-order chi connectivity index (χ0) is 15.1. The molecule has 2 N–H and O–H groups in total. The monoisotopic (exact) mass is 288 g/mol. The number of nitrogens with zero attached hydrogens (tertiary/aromatic N) is 2. The van der Waals surface area contributed by atoms with Crippen molar-refractivity contribution in [2.24, 2.45) is 0 Å². The molecule has 110 valence electrons. The molecule has 2 aromatic heterocycles. The van der Waals surface area contributed by atoms with Crippen molar-refractivity contribution in [1.29, 1.82) is 0 Å². The minimum atomic E-state index is -0.630. The highest BCUT2D eigenvalue weighted by Crippen LogP contribution is 2.15. The van der Waals surface area contributed by atoms with Crippen molar-refractivity contribution in [3.8, 4) is 0 Å². The third kappa shape index (κ3) is 3.98. The number of aromatic nitrogens is 2. The van der Waals surface area contributed by atoms with E-state index in [0.717, 1.165) is 12.0 Å². The minimum absolute atomic E-state index is 0.0208. The molecule has 0 radical (unpaired) electrons. The normalized spacial score (nSPS) is 10.2. The maximum atomic E-state index is 14.2. The largest absolute Gasteiger partial charge is 0.368 e. The molecule has 0 aliphatic heterocycles. The van der Waals surface area contributed by atoms with E-state index in [1.54, 1.807) is 18.5 Å². The Morgan fingerprint density at radius 2 is 2.19 bits per heavy atom. The van der Waals surface area contributed by atoms with E-state index in [2.05, 4.69) is 20.6 Å². The van der Waals surface area contributed by atoms with Crippen LogP contribution >= 0.6 is 0 Å². The summed E-state index contributed by atoms with van der Waals surface area (Å²) in [6.45, 7) is 2.87. The number of amides is 1. The first-order valence-electron chi connectivity index (χ1n) is 6.78. The number of carbonyl (C=O) groups is 1. The van der Waals surface area contributed by atoms with Crippen LogP contribution in [-0.2, 0) is 6.54 Å². The van der Waals surface area contributed by atoms with Crippen LogP contribution in [-0.4, -0.2) is 22.4 Å². The Bertz CT molecular complexity index is 604. The zero-order valence-corrected chi connectivity index (χ0v) is 11.8. The molecule has 21 heavy (non-hydrogen) atoms. The van der Waals surface area contributed by atoms with E-state index in [1.807, 2.05) is 13.0 Å². The van der Waals surface area contributed by atoms with Crippen LogP contribution in [0.4, 0.5) is 10.2 Å². The van der Waals surface area contributed by atoms with Crippen molar-refractivity contribution >= 4 is 11.7 Å². The number of pyridine rings is 2. The summed E-state index contributed by atoms with van der Waals surface area (Å²) in [5, 5.41) is 5.52. The summed E-state index contributed by atoms with van der Waals surface area (Å²) in [4.78, 5) is 19.9. The zero-order valence-electron chi connectivity index (χ0n) is 11.8. The van der Waals surface area contributed by atoms with Gasteiger partial charge in [0.15, 0.2) is 11.6 Å². The third-order valence-electron chi connectivity index (χ3n) is 2.85. The molecule has 0 aliphatic carbocycles. The Morgan fingerprint density at radius 3 is 2.90 bits per heavy atom. The van der Waals surface area contributed by atoms with Gasteiger partial charge in [-0.2, -0.15) is 0 Å². The quantitative estimate of drug-likeness (QED) is 0.856. The van der Waals surface area contributed by atoms with Crippen LogP contribution in [0.2, 0.25) is 0 Å². The first-order valence-corrected chi connectivity index (χ1v) is 6.78. The van der Waals surface area contributed by atoms with E-state index < -0.39 is 11.7 Å². The first kappa shape index (κ1) is 14.9. The van der Waals surface area contributed by atoms with E-state index >= 15 is 0 Å². The fourth-order valence-electron chi connectivity index (χ4n) is 1.77. The van der Waals surface area contributed by atoms with E-state index in [-0.39, 0.29) is 11.4 Å². The van der Waals surface area contributed by atoms with E-state index in [4.69, 9.17) is 0 Å². The number of rotatable bonds is 6. The van der Waals surface area contributed by atoms with Gasteiger partial charge in [0, 0.05) is 31.7 Å². The molecule has 0 spiro atoms. The third-order valence-corrected chi connectivity index (χ3v) is 2.85. The maximum Gasteiger partial charge on any atom is 0.254 e. The van der Waals surface area contributed by atoms with Crippen LogP contribution in [0.15, 0.2) is 36.8 Å². The van der Waals surface area contributed by atoms with Gasteiger partial charge in [0.1, 0.15) is 0 Å². The number of hydrogen-bond acceptors (Lipinski definition) is 4. The van der Waals surface area contributed by atoms with Gasteiger partial charge in [-0.05, 0) is 24.1 Å². The molecule has 0 atom stereocenters. The summed E-state index contributed by atoms with van der Waals surface area (Å²) in [5.74, 6) is -1.00. The van der Waals surface area contributed by atoms with Crippen LogP contribution in [0.5, 0.6) is 0 Å². The fourth-order valence-corrected chi connectivity index (χ4v) is 1.77. The second-order valence-electron chi connectivity index (χ2n) is 4.49. The van der Waals surface area contributed by atoms with E-state index in [0.29, 0.717) is 13.1 Å². The molecule has 0 saturated carbocycles. The number of carbonyl (C=O) groups excluding carboxylic acids is 1. The van der Waals surface area contributed by atoms with Crippen LogP contribution in [0, 0.1) is 5.82 Å². The molecule has 0 aliphatic rings. The van der Waals surface area contributed by atoms with E-state index in [9.17, 15) is 9.18 Å². The molecule has 2 rings (SSSR count). The summed E-state index contributed by atoms with van der Waals surface area (Å²) >= 11 is 0. The van der Waals surface area contributed by atoms with Crippen molar-refractivity contribution in [2.45, 2.75) is 19.9 Å². The second-order valence-corrected chi connectivity index (χ2v) is 4.49. The average Bonchev–Trinajstić information content (AvgIpc) is 2.52. The molecular formula is C15H17FN4O. The number of nitrogens with one attached hydrogen (secondary N) is 2. The Balaban J connectivity index is 2.05. The molecule has 0 fully saturated rings. The standard InChI is InChI=1S/C15H17FN4O/c1-2-6-18-14-13(16)12(5-8-19-14)15(21)20-10-11-4-3-7-17-9-11/h3-5,7-9H,2,6,10H2,1H3,(H,18,19)(H,20,21). The molecule has 2 aromatic rings.